The number of hydrogen-bond acceptors (Lipinski definition) is 4. The van der Waals surface area contributed by atoms with Crippen LogP contribution in [0.1, 0.15) is 0 Å². The Morgan fingerprint density at radius 1 is 1.30 bits per heavy atom. The van der Waals surface area contributed by atoms with Crippen LogP contribution in [0.25, 0.3) is 5.82 Å². The number of aromatic nitrogens is 2. The first-order valence-electron chi connectivity index (χ1n) is 5.86. The molecule has 2 aromatic rings. The molecule has 20 heavy (non-hydrogen) atoms. The van der Waals surface area contributed by atoms with Gasteiger partial charge >= 0.3 is 0 Å². The molecule has 0 fully saturated rings. The van der Waals surface area contributed by atoms with Gasteiger partial charge in [-0.2, -0.15) is 0 Å². The fourth-order valence-electron chi connectivity index (χ4n) is 1.49. The van der Waals surface area contributed by atoms with Crippen molar-refractivity contribution in [1.82, 2.24) is 9.78 Å². The summed E-state index contributed by atoms with van der Waals surface area (Å²) in [5.74, 6) is 0.659. The summed E-state index contributed by atoms with van der Waals surface area (Å²) in [6, 6.07) is 8.85. The molecule has 1 amide bonds. The van der Waals surface area contributed by atoms with E-state index in [0.29, 0.717) is 16.7 Å². The van der Waals surface area contributed by atoms with E-state index < -0.39 is 0 Å². The van der Waals surface area contributed by atoms with E-state index in [1.165, 1.54) is 4.68 Å². The maximum absolute atomic E-state index is 11.1. The predicted octanol–water partition coefficient (Wildman–Crippen LogP) is 1.97. The topological polar surface area (TPSA) is 85.0 Å². The second-order valence-corrected chi connectivity index (χ2v) is 4.41. The molecule has 4 N–H and O–H groups in total. The number of amides is 1. The summed E-state index contributed by atoms with van der Waals surface area (Å²) in [5.41, 5.74) is 6.05. The fourth-order valence-corrected chi connectivity index (χ4v) is 1.62. The number of halogens is 1. The highest BCUT2D eigenvalue weighted by Gasteiger charge is 2.05. The van der Waals surface area contributed by atoms with Crippen molar-refractivity contribution in [3.8, 4) is 0 Å². The van der Waals surface area contributed by atoms with Crippen LogP contribution < -0.4 is 16.4 Å². The first kappa shape index (κ1) is 14.1. The maximum atomic E-state index is 11.1. The Kier molecular flexibility index (Phi) is 4.39. The van der Waals surface area contributed by atoms with Crippen molar-refractivity contribution >= 4 is 34.8 Å². The number of carbonyl (C=O) groups is 1. The molecule has 7 heteroatoms. The van der Waals surface area contributed by atoms with Crippen LogP contribution >= 0.6 is 11.6 Å². The van der Waals surface area contributed by atoms with E-state index >= 15 is 0 Å². The molecule has 0 aliphatic heterocycles. The molecule has 0 saturated heterocycles. The lowest BCUT2D eigenvalue weighted by Crippen LogP contribution is -2.22. The molecule has 104 valence electrons. The summed E-state index contributed by atoms with van der Waals surface area (Å²) in [7, 11) is 0. The minimum atomic E-state index is -0.300. The molecule has 0 radical (unpaired) electrons. The Hall–Kier alpha value is -2.31. The van der Waals surface area contributed by atoms with E-state index in [9.17, 15) is 4.79 Å². The van der Waals surface area contributed by atoms with E-state index in [2.05, 4.69) is 22.3 Å². The minimum Gasteiger partial charge on any atom is -0.341 e. The summed E-state index contributed by atoms with van der Waals surface area (Å²) in [6.07, 6.45) is 1.68. The molecule has 0 spiro atoms. The molecule has 6 nitrogen and oxygen atoms in total. The molecule has 0 saturated carbocycles. The van der Waals surface area contributed by atoms with Gasteiger partial charge < -0.3 is 16.4 Å². The Labute approximate surface area is 121 Å². The van der Waals surface area contributed by atoms with Crippen molar-refractivity contribution in [2.24, 2.45) is 5.73 Å². The van der Waals surface area contributed by atoms with Crippen LogP contribution in [0.4, 0.5) is 11.5 Å². The standard InChI is InChI=1S/C13H14ClN5O/c1-9(16-11-4-2-10(14)3-5-11)19-7-6-12(18-19)17-13(20)8-15/h2-7,16H,1,8,15H2,(H,17,18,20). The zero-order chi connectivity index (χ0) is 14.5. The molecule has 1 heterocycles. The minimum absolute atomic E-state index is 0.0865. The number of nitrogens with one attached hydrogen (secondary N) is 2. The van der Waals surface area contributed by atoms with Crippen LogP contribution in [-0.2, 0) is 4.79 Å². The molecular weight excluding hydrogens is 278 g/mol. The Morgan fingerprint density at radius 2 is 2.00 bits per heavy atom. The highest BCUT2D eigenvalue weighted by Crippen LogP contribution is 2.16. The number of benzene rings is 1. The summed E-state index contributed by atoms with van der Waals surface area (Å²) >= 11 is 5.81. The highest BCUT2D eigenvalue weighted by atomic mass is 35.5. The number of carbonyl (C=O) groups excluding carboxylic acids is 1. The average Bonchev–Trinajstić information content (AvgIpc) is 2.89. The van der Waals surface area contributed by atoms with Gasteiger partial charge in [-0.1, -0.05) is 18.2 Å². The van der Waals surface area contributed by atoms with Gasteiger partial charge in [0.2, 0.25) is 5.91 Å². The van der Waals surface area contributed by atoms with Gasteiger partial charge in [-0.25, -0.2) is 4.68 Å². The summed E-state index contributed by atoms with van der Waals surface area (Å²) < 4.78 is 1.51. The van der Waals surface area contributed by atoms with Crippen molar-refractivity contribution in [3.05, 3.63) is 48.1 Å². The van der Waals surface area contributed by atoms with Gasteiger partial charge in [0.15, 0.2) is 5.82 Å². The van der Waals surface area contributed by atoms with Crippen molar-refractivity contribution in [3.63, 3.8) is 0 Å². The molecular formula is C13H14ClN5O. The van der Waals surface area contributed by atoms with Crippen LogP contribution in [0.15, 0.2) is 43.1 Å². The first-order chi connectivity index (χ1) is 9.58. The van der Waals surface area contributed by atoms with Gasteiger partial charge in [-0.05, 0) is 24.3 Å². The lowest BCUT2D eigenvalue weighted by Gasteiger charge is -2.09. The lowest BCUT2D eigenvalue weighted by molar-refractivity contribution is -0.114. The number of anilines is 2. The molecule has 1 aromatic carbocycles. The number of rotatable bonds is 5. The van der Waals surface area contributed by atoms with Crippen LogP contribution in [0.5, 0.6) is 0 Å². The van der Waals surface area contributed by atoms with Crippen molar-refractivity contribution in [2.75, 3.05) is 17.2 Å². The summed E-state index contributed by atoms with van der Waals surface area (Å²) in [6.45, 7) is 3.79. The van der Waals surface area contributed by atoms with Gasteiger partial charge in [0.05, 0.1) is 6.54 Å². The Bertz CT molecular complexity index is 620. The third-order valence-electron chi connectivity index (χ3n) is 2.45. The van der Waals surface area contributed by atoms with Crippen LogP contribution in [-0.4, -0.2) is 22.2 Å². The van der Waals surface area contributed by atoms with Crippen molar-refractivity contribution < 1.29 is 4.79 Å². The molecule has 0 unspecified atom stereocenters. The van der Waals surface area contributed by atoms with E-state index in [1.807, 2.05) is 12.1 Å². The van der Waals surface area contributed by atoms with Crippen molar-refractivity contribution in [1.29, 1.82) is 0 Å². The van der Waals surface area contributed by atoms with Crippen molar-refractivity contribution in [2.45, 2.75) is 0 Å². The molecule has 0 bridgehead atoms. The average molecular weight is 292 g/mol. The van der Waals surface area contributed by atoms with Crippen LogP contribution in [0.3, 0.4) is 0 Å². The van der Waals surface area contributed by atoms with E-state index in [4.69, 9.17) is 17.3 Å². The molecule has 2 rings (SSSR count). The number of nitrogens with two attached hydrogens (primary N) is 1. The molecule has 0 aliphatic rings. The summed E-state index contributed by atoms with van der Waals surface area (Å²) in [5, 5.41) is 10.4. The second kappa shape index (κ2) is 6.23. The predicted molar refractivity (Wildman–Crippen MR) is 80.3 cm³/mol. The highest BCUT2D eigenvalue weighted by molar-refractivity contribution is 6.30. The van der Waals surface area contributed by atoms with Gasteiger partial charge in [-0.15, -0.1) is 5.10 Å². The molecule has 0 aliphatic carbocycles. The fraction of sp³-hybridized carbons (Fsp3) is 0.0769. The van der Waals surface area contributed by atoms with Gasteiger partial charge in [0, 0.05) is 23.0 Å². The van der Waals surface area contributed by atoms with Crippen LogP contribution in [0, 0.1) is 0 Å². The Morgan fingerprint density at radius 3 is 2.65 bits per heavy atom. The number of hydrogen-bond donors (Lipinski definition) is 3. The van der Waals surface area contributed by atoms with E-state index in [0.717, 1.165) is 5.69 Å². The van der Waals surface area contributed by atoms with E-state index in [1.54, 1.807) is 24.4 Å². The third kappa shape index (κ3) is 3.59. The van der Waals surface area contributed by atoms with E-state index in [-0.39, 0.29) is 12.5 Å². The normalized spacial score (nSPS) is 10.1. The van der Waals surface area contributed by atoms with Crippen LogP contribution in [0.2, 0.25) is 5.02 Å². The first-order valence-corrected chi connectivity index (χ1v) is 6.24. The number of nitrogens with zero attached hydrogens (tertiary/aromatic N) is 2. The lowest BCUT2D eigenvalue weighted by atomic mass is 10.3. The monoisotopic (exact) mass is 291 g/mol. The zero-order valence-corrected chi connectivity index (χ0v) is 11.4. The smallest absolute Gasteiger partial charge is 0.239 e. The second-order valence-electron chi connectivity index (χ2n) is 3.98. The van der Waals surface area contributed by atoms with Gasteiger partial charge in [0.25, 0.3) is 0 Å². The quantitative estimate of drug-likeness (QED) is 0.786. The zero-order valence-electron chi connectivity index (χ0n) is 10.6. The Balaban J connectivity index is 2.02. The summed E-state index contributed by atoms with van der Waals surface area (Å²) in [4.78, 5) is 11.1. The largest absolute Gasteiger partial charge is 0.341 e. The van der Waals surface area contributed by atoms with Gasteiger partial charge in [0.1, 0.15) is 5.82 Å². The maximum Gasteiger partial charge on any atom is 0.239 e. The third-order valence-corrected chi connectivity index (χ3v) is 2.70. The molecule has 0 atom stereocenters. The molecule has 1 aromatic heterocycles. The van der Waals surface area contributed by atoms with Gasteiger partial charge in [-0.3, -0.25) is 4.79 Å². The SMILES string of the molecule is C=C(Nc1ccc(Cl)cc1)n1ccc(NC(=O)CN)n1.